The molecule has 1 aliphatic rings. The summed E-state index contributed by atoms with van der Waals surface area (Å²) in [7, 11) is 0. The van der Waals surface area contributed by atoms with Gasteiger partial charge in [-0.1, -0.05) is 77.8 Å². The van der Waals surface area contributed by atoms with Gasteiger partial charge in [0.15, 0.2) is 0 Å². The Balaban J connectivity index is 1.34. The smallest absolute Gasteiger partial charge is 0.412 e. The number of halogens is 2. The maximum Gasteiger partial charge on any atom is 0.412 e. The lowest BCUT2D eigenvalue weighted by molar-refractivity contribution is -0.140. The Morgan fingerprint density at radius 1 is 1.00 bits per heavy atom. The number of rotatable bonds is 7. The number of aliphatic carboxylic acids is 1. The van der Waals surface area contributed by atoms with E-state index in [1.54, 1.807) is 19.1 Å². The van der Waals surface area contributed by atoms with Crippen LogP contribution < -0.4 is 5.32 Å². The summed E-state index contributed by atoms with van der Waals surface area (Å²) in [5.41, 5.74) is 5.44. The fourth-order valence-corrected chi connectivity index (χ4v) is 6.15. The molecule has 1 fully saturated rings. The van der Waals surface area contributed by atoms with Crippen LogP contribution in [0.1, 0.15) is 42.6 Å². The predicted octanol–water partition coefficient (Wildman–Crippen LogP) is 9.12. The number of carboxylic acids is 1. The number of hydrogen-bond donors (Lipinski definition) is 2. The molecule has 8 heteroatoms. The van der Waals surface area contributed by atoms with Crippen LogP contribution in [0.5, 0.6) is 0 Å². The molecule has 0 bridgehead atoms. The highest BCUT2D eigenvalue weighted by Crippen LogP contribution is 2.49. The first-order valence-corrected chi connectivity index (χ1v) is 13.7. The largest absolute Gasteiger partial charge is 0.481 e. The molecule has 1 aliphatic carbocycles. The lowest BCUT2D eigenvalue weighted by atomic mass is 9.92. The second-order valence-electron chi connectivity index (χ2n) is 9.48. The molecule has 0 radical (unpaired) electrons. The van der Waals surface area contributed by atoms with Gasteiger partial charge < -0.3 is 9.84 Å². The molecule has 0 aliphatic heterocycles. The topological polar surface area (TPSA) is 75.6 Å². The van der Waals surface area contributed by atoms with Crippen LogP contribution in [-0.2, 0) is 14.9 Å². The van der Waals surface area contributed by atoms with Gasteiger partial charge in [-0.05, 0) is 72.7 Å². The van der Waals surface area contributed by atoms with Crippen LogP contribution in [0.15, 0.2) is 72.8 Å². The lowest BCUT2D eigenvalue weighted by Crippen LogP contribution is -2.19. The number of amides is 1. The maximum atomic E-state index is 12.7. The van der Waals surface area contributed by atoms with E-state index >= 15 is 0 Å². The molecule has 2 N–H and O–H groups in total. The molecule has 1 atom stereocenters. The second kappa shape index (κ2) is 10.4. The summed E-state index contributed by atoms with van der Waals surface area (Å²) in [5.74, 6) is -0.757. The van der Waals surface area contributed by atoms with Gasteiger partial charge in [0.05, 0.1) is 20.3 Å². The summed E-state index contributed by atoms with van der Waals surface area (Å²) < 4.78 is 6.11. The van der Waals surface area contributed by atoms with Crippen LogP contribution in [0.2, 0.25) is 9.36 Å². The van der Waals surface area contributed by atoms with E-state index in [1.807, 2.05) is 67.6 Å². The normalized spacial score (nSPS) is 14.5. The molecule has 0 unspecified atom stereocenters. The van der Waals surface area contributed by atoms with Crippen molar-refractivity contribution in [2.45, 2.75) is 38.2 Å². The zero-order valence-electron chi connectivity index (χ0n) is 20.8. The second-order valence-corrected chi connectivity index (χ2v) is 11.6. The summed E-state index contributed by atoms with van der Waals surface area (Å²) in [6, 6.07) is 22.8. The summed E-state index contributed by atoms with van der Waals surface area (Å²) in [6.45, 7) is 3.79. The number of carbonyl (C=O) groups excluding carboxylic acids is 1. The summed E-state index contributed by atoms with van der Waals surface area (Å²) >= 11 is 13.9. The highest BCUT2D eigenvalue weighted by Gasteiger charge is 2.51. The highest BCUT2D eigenvalue weighted by atomic mass is 35.5. The van der Waals surface area contributed by atoms with Crippen molar-refractivity contribution in [3.8, 4) is 21.6 Å². The fraction of sp³-hybridized carbons (Fsp3) is 0.200. The van der Waals surface area contributed by atoms with E-state index in [2.05, 4.69) is 5.32 Å². The number of carbonyl (C=O) groups is 2. The van der Waals surface area contributed by atoms with E-state index < -0.39 is 23.6 Å². The molecule has 5 rings (SSSR count). The van der Waals surface area contributed by atoms with Crippen molar-refractivity contribution in [2.24, 2.45) is 0 Å². The molecular formula is C30H25Cl2NO4S. The number of carboxylic acid groups (broad SMARTS) is 1. The van der Waals surface area contributed by atoms with Crippen LogP contribution in [-0.4, -0.2) is 17.2 Å². The van der Waals surface area contributed by atoms with Gasteiger partial charge in [0.1, 0.15) is 6.10 Å². The number of ether oxygens (including phenoxy) is 1. The van der Waals surface area contributed by atoms with Gasteiger partial charge >= 0.3 is 12.1 Å². The molecule has 1 aromatic heterocycles. The van der Waals surface area contributed by atoms with Crippen LogP contribution in [0.25, 0.3) is 21.6 Å². The van der Waals surface area contributed by atoms with Crippen LogP contribution in [0.3, 0.4) is 0 Å². The Morgan fingerprint density at radius 3 is 2.32 bits per heavy atom. The predicted molar refractivity (Wildman–Crippen MR) is 153 cm³/mol. The molecule has 4 aromatic rings. The number of aryl methyl sites for hydroxylation is 1. The number of benzene rings is 3. The minimum Gasteiger partial charge on any atom is -0.481 e. The van der Waals surface area contributed by atoms with Gasteiger partial charge in [-0.25, -0.2) is 4.79 Å². The molecule has 1 saturated carbocycles. The molecule has 194 valence electrons. The summed E-state index contributed by atoms with van der Waals surface area (Å²) in [4.78, 5) is 25.2. The van der Waals surface area contributed by atoms with Crippen LogP contribution >= 0.6 is 34.5 Å². The van der Waals surface area contributed by atoms with Gasteiger partial charge in [-0.3, -0.25) is 10.1 Å². The molecule has 0 saturated heterocycles. The Hall–Kier alpha value is -3.32. The Bertz CT molecular complexity index is 1530. The highest BCUT2D eigenvalue weighted by molar-refractivity contribution is 7.20. The third-order valence-corrected chi connectivity index (χ3v) is 8.62. The first-order valence-electron chi connectivity index (χ1n) is 12.1. The van der Waals surface area contributed by atoms with Gasteiger partial charge in [-0.2, -0.15) is 0 Å². The average molecular weight is 567 g/mol. The minimum absolute atomic E-state index is 0.528. The van der Waals surface area contributed by atoms with Gasteiger partial charge in [0, 0.05) is 10.6 Å². The maximum absolute atomic E-state index is 12.7. The molecule has 1 heterocycles. The van der Waals surface area contributed by atoms with Crippen molar-refractivity contribution in [1.82, 2.24) is 0 Å². The van der Waals surface area contributed by atoms with E-state index in [0.29, 0.717) is 27.9 Å². The molecule has 0 spiro atoms. The molecular weight excluding hydrogens is 541 g/mol. The van der Waals surface area contributed by atoms with E-state index in [1.165, 1.54) is 11.3 Å². The van der Waals surface area contributed by atoms with Crippen molar-refractivity contribution in [2.75, 3.05) is 5.32 Å². The summed E-state index contributed by atoms with van der Waals surface area (Å²) in [5, 5.41) is 12.9. The van der Waals surface area contributed by atoms with E-state index in [4.69, 9.17) is 27.9 Å². The number of nitrogens with one attached hydrogen (secondary N) is 1. The van der Waals surface area contributed by atoms with Crippen molar-refractivity contribution in [3.05, 3.63) is 98.8 Å². The SMILES string of the molecule is Cc1cc(-c2sc(Cl)cc2NC(=O)O[C@H](C)c2ccccc2Cl)ccc1-c1ccc(C2(C(=O)O)CC2)cc1. The zero-order chi connectivity index (χ0) is 27.0. The van der Waals surface area contributed by atoms with E-state index in [-0.39, 0.29) is 0 Å². The number of thiophene rings is 1. The number of hydrogen-bond acceptors (Lipinski definition) is 4. The Labute approximate surface area is 235 Å². The van der Waals surface area contributed by atoms with Crippen LogP contribution in [0.4, 0.5) is 10.5 Å². The third-order valence-electron chi connectivity index (χ3n) is 6.96. The van der Waals surface area contributed by atoms with E-state index in [0.717, 1.165) is 38.3 Å². The minimum atomic E-state index is -0.757. The van der Waals surface area contributed by atoms with Crippen molar-refractivity contribution in [1.29, 1.82) is 0 Å². The summed E-state index contributed by atoms with van der Waals surface area (Å²) in [6.07, 6.45) is 0.235. The van der Waals surface area contributed by atoms with E-state index in [9.17, 15) is 14.7 Å². The quantitative estimate of drug-likeness (QED) is 0.234. The van der Waals surface area contributed by atoms with Crippen molar-refractivity contribution < 1.29 is 19.4 Å². The average Bonchev–Trinajstić information content (AvgIpc) is 3.62. The van der Waals surface area contributed by atoms with Crippen molar-refractivity contribution in [3.63, 3.8) is 0 Å². The Morgan fingerprint density at radius 2 is 1.68 bits per heavy atom. The van der Waals surface area contributed by atoms with Gasteiger partial charge in [-0.15, -0.1) is 11.3 Å². The third kappa shape index (κ3) is 5.17. The van der Waals surface area contributed by atoms with Gasteiger partial charge in [0.25, 0.3) is 0 Å². The molecule has 1 amide bonds. The first-order chi connectivity index (χ1) is 18.2. The van der Waals surface area contributed by atoms with Gasteiger partial charge in [0.2, 0.25) is 0 Å². The lowest BCUT2D eigenvalue weighted by Gasteiger charge is -2.16. The number of anilines is 1. The molecule has 38 heavy (non-hydrogen) atoms. The molecule has 3 aromatic carbocycles. The zero-order valence-corrected chi connectivity index (χ0v) is 23.1. The fourth-order valence-electron chi connectivity index (χ4n) is 4.69. The Kier molecular flexibility index (Phi) is 7.23. The monoisotopic (exact) mass is 565 g/mol. The van der Waals surface area contributed by atoms with Crippen LogP contribution in [0, 0.1) is 6.92 Å². The van der Waals surface area contributed by atoms with Crippen molar-refractivity contribution >= 4 is 52.3 Å². The molecule has 5 nitrogen and oxygen atoms in total. The first kappa shape index (κ1) is 26.3. The standard InChI is InChI=1S/C30H25Cl2NO4S/c1-17-15-20(9-12-22(17)19-7-10-21(11-8-19)30(13-14-30)28(34)35)27-25(16-26(32)38-27)33-29(36)37-18(2)23-5-3-4-6-24(23)31/h3-12,15-16,18H,13-14H2,1-2H3,(H,33,36)(H,34,35)/t18-/m1/s1.